The summed E-state index contributed by atoms with van der Waals surface area (Å²) in [5, 5.41) is 7.28. The van der Waals surface area contributed by atoms with Gasteiger partial charge in [0.1, 0.15) is 0 Å². The van der Waals surface area contributed by atoms with E-state index >= 15 is 0 Å². The van der Waals surface area contributed by atoms with Gasteiger partial charge in [-0.2, -0.15) is 4.98 Å². The molecule has 2 aromatic carbocycles. The molecule has 1 N–H and O–H groups in total. The maximum atomic E-state index is 13.0. The van der Waals surface area contributed by atoms with Crippen molar-refractivity contribution in [3.8, 4) is 17.1 Å². The van der Waals surface area contributed by atoms with E-state index in [2.05, 4.69) is 25.3 Å². The fraction of sp³-hybridized carbons (Fsp3) is 0.308. The number of aromatic nitrogens is 4. The van der Waals surface area contributed by atoms with Crippen LogP contribution in [0.15, 0.2) is 71.8 Å². The molecule has 0 aliphatic carbocycles. The zero-order valence-electron chi connectivity index (χ0n) is 19.2. The Hall–Kier alpha value is -3.78. The van der Waals surface area contributed by atoms with E-state index in [4.69, 9.17) is 4.52 Å². The van der Waals surface area contributed by atoms with E-state index in [0.717, 1.165) is 41.8 Å². The first-order valence-corrected chi connectivity index (χ1v) is 11.6. The van der Waals surface area contributed by atoms with Gasteiger partial charge in [-0.05, 0) is 44.0 Å². The van der Waals surface area contributed by atoms with Crippen LogP contribution in [0.5, 0.6) is 0 Å². The predicted octanol–water partition coefficient (Wildman–Crippen LogP) is 3.76. The second-order valence-electron chi connectivity index (χ2n) is 8.77. The minimum atomic E-state index is -0.0617. The highest BCUT2D eigenvalue weighted by Gasteiger charge is 2.27. The van der Waals surface area contributed by atoms with E-state index < -0.39 is 0 Å². The Morgan fingerprint density at radius 1 is 1.21 bits per heavy atom. The number of imidazole rings is 1. The average Bonchev–Trinajstić information content (AvgIpc) is 3.56. The molecule has 0 saturated carbocycles. The van der Waals surface area contributed by atoms with Gasteiger partial charge < -0.3 is 14.4 Å². The molecule has 2 aromatic heterocycles. The Balaban J connectivity index is 1.18. The van der Waals surface area contributed by atoms with Crippen LogP contribution in [0.25, 0.3) is 17.1 Å². The van der Waals surface area contributed by atoms with Crippen molar-refractivity contribution in [3.05, 3.63) is 84.3 Å². The van der Waals surface area contributed by atoms with E-state index in [-0.39, 0.29) is 11.8 Å². The zero-order chi connectivity index (χ0) is 23.3. The van der Waals surface area contributed by atoms with Gasteiger partial charge in [0.2, 0.25) is 17.6 Å². The van der Waals surface area contributed by atoms with Crippen LogP contribution < -0.4 is 5.32 Å². The van der Waals surface area contributed by atoms with Gasteiger partial charge in [-0.25, -0.2) is 4.98 Å². The number of para-hydroxylation sites is 1. The van der Waals surface area contributed by atoms with E-state index in [1.54, 1.807) is 12.5 Å². The topological polar surface area (TPSA) is 89.1 Å². The summed E-state index contributed by atoms with van der Waals surface area (Å²) in [4.78, 5) is 23.9. The summed E-state index contributed by atoms with van der Waals surface area (Å²) in [6.07, 6.45) is 7.26. The molecule has 0 spiro atoms. The van der Waals surface area contributed by atoms with E-state index in [0.29, 0.717) is 31.3 Å². The first-order chi connectivity index (χ1) is 16.7. The quantitative estimate of drug-likeness (QED) is 0.456. The molecule has 174 valence electrons. The molecule has 8 heteroatoms. The van der Waals surface area contributed by atoms with E-state index in [1.165, 1.54) is 0 Å². The molecule has 5 rings (SSSR count). The number of benzene rings is 2. The molecule has 1 unspecified atom stereocenters. The Bertz CT molecular complexity index is 1250. The average molecular weight is 457 g/mol. The first kappa shape index (κ1) is 22.0. The second kappa shape index (κ2) is 10.0. The van der Waals surface area contributed by atoms with Crippen molar-refractivity contribution < 1.29 is 9.32 Å². The molecule has 0 bridgehead atoms. The van der Waals surface area contributed by atoms with Gasteiger partial charge in [-0.1, -0.05) is 47.1 Å². The van der Waals surface area contributed by atoms with Gasteiger partial charge in [-0.3, -0.25) is 9.69 Å². The summed E-state index contributed by atoms with van der Waals surface area (Å²) in [6.45, 7) is 4.66. The molecule has 1 amide bonds. The number of hydrogen-bond donors (Lipinski definition) is 1. The summed E-state index contributed by atoms with van der Waals surface area (Å²) in [6, 6.07) is 16.1. The number of amides is 1. The number of carbonyl (C=O) groups is 1. The van der Waals surface area contributed by atoms with Crippen molar-refractivity contribution in [2.75, 3.05) is 13.1 Å². The molecule has 1 saturated heterocycles. The number of nitrogens with zero attached hydrogens (tertiary/aromatic N) is 5. The lowest BCUT2D eigenvalue weighted by atomic mass is 9.97. The summed E-state index contributed by atoms with van der Waals surface area (Å²) < 4.78 is 7.46. The molecule has 3 heterocycles. The molecular formula is C26H28N6O2. The molecule has 1 aliphatic rings. The number of rotatable bonds is 7. The summed E-state index contributed by atoms with van der Waals surface area (Å²) in [7, 11) is 0. The van der Waals surface area contributed by atoms with Crippen molar-refractivity contribution in [1.82, 2.24) is 29.9 Å². The minimum absolute atomic E-state index is 0.0617. The van der Waals surface area contributed by atoms with Crippen LogP contribution in [0, 0.1) is 12.8 Å². The van der Waals surface area contributed by atoms with Crippen LogP contribution in [-0.4, -0.2) is 43.6 Å². The minimum Gasteiger partial charge on any atom is -0.352 e. The zero-order valence-corrected chi connectivity index (χ0v) is 19.2. The normalized spacial score (nSPS) is 16.4. The van der Waals surface area contributed by atoms with Gasteiger partial charge in [0.25, 0.3) is 0 Å². The van der Waals surface area contributed by atoms with Crippen molar-refractivity contribution >= 4 is 5.91 Å². The first-order valence-electron chi connectivity index (χ1n) is 11.6. The summed E-state index contributed by atoms with van der Waals surface area (Å²) >= 11 is 0. The highest BCUT2D eigenvalue weighted by Crippen LogP contribution is 2.21. The lowest BCUT2D eigenvalue weighted by Crippen LogP contribution is -2.42. The van der Waals surface area contributed by atoms with E-state index in [9.17, 15) is 4.79 Å². The standard InChI is InChI=1S/C26H28N6O2/c1-19-6-4-8-20(14-19)25-29-24(34-30-25)17-31-12-5-9-22(16-31)26(33)28-15-21-7-2-3-10-23(21)32-13-11-27-18-32/h2-4,6-8,10-11,13-14,18,22H,5,9,12,15-17H2,1H3,(H,28,33). The molecule has 34 heavy (non-hydrogen) atoms. The number of nitrogens with one attached hydrogen (secondary N) is 1. The SMILES string of the molecule is Cc1cccc(-c2noc(CN3CCCC(C(=O)NCc4ccccc4-n4ccnc4)C3)n2)c1. The van der Waals surface area contributed by atoms with Crippen LogP contribution in [0.4, 0.5) is 0 Å². The highest BCUT2D eigenvalue weighted by atomic mass is 16.5. The fourth-order valence-electron chi connectivity index (χ4n) is 4.47. The third kappa shape index (κ3) is 5.07. The predicted molar refractivity (Wildman–Crippen MR) is 128 cm³/mol. The van der Waals surface area contributed by atoms with Crippen LogP contribution in [0.1, 0.15) is 29.9 Å². The lowest BCUT2D eigenvalue weighted by molar-refractivity contribution is -0.127. The second-order valence-corrected chi connectivity index (χ2v) is 8.77. The van der Waals surface area contributed by atoms with Crippen LogP contribution in [0.2, 0.25) is 0 Å². The largest absolute Gasteiger partial charge is 0.352 e. The molecular weight excluding hydrogens is 428 g/mol. The third-order valence-electron chi connectivity index (χ3n) is 6.21. The van der Waals surface area contributed by atoms with Gasteiger partial charge in [0.05, 0.1) is 24.5 Å². The van der Waals surface area contributed by atoms with Crippen molar-refractivity contribution in [1.29, 1.82) is 0 Å². The van der Waals surface area contributed by atoms with Gasteiger partial charge in [0, 0.05) is 31.0 Å². The van der Waals surface area contributed by atoms with Gasteiger partial charge >= 0.3 is 0 Å². The Morgan fingerprint density at radius 3 is 2.97 bits per heavy atom. The summed E-state index contributed by atoms with van der Waals surface area (Å²) in [5.74, 6) is 1.19. The van der Waals surface area contributed by atoms with Gasteiger partial charge in [0.15, 0.2) is 0 Å². The maximum absolute atomic E-state index is 13.0. The lowest BCUT2D eigenvalue weighted by Gasteiger charge is -2.30. The monoisotopic (exact) mass is 456 g/mol. The molecule has 1 atom stereocenters. The van der Waals surface area contributed by atoms with E-state index in [1.807, 2.05) is 66.2 Å². The van der Waals surface area contributed by atoms with Crippen molar-refractivity contribution in [2.45, 2.75) is 32.9 Å². The highest BCUT2D eigenvalue weighted by molar-refractivity contribution is 5.79. The molecule has 0 radical (unpaired) electrons. The summed E-state index contributed by atoms with van der Waals surface area (Å²) in [5.41, 5.74) is 4.17. The Labute approximate surface area is 198 Å². The van der Waals surface area contributed by atoms with Crippen LogP contribution >= 0.6 is 0 Å². The van der Waals surface area contributed by atoms with Crippen LogP contribution in [-0.2, 0) is 17.9 Å². The van der Waals surface area contributed by atoms with Crippen LogP contribution in [0.3, 0.4) is 0 Å². The molecule has 1 fully saturated rings. The van der Waals surface area contributed by atoms with Gasteiger partial charge in [-0.15, -0.1) is 0 Å². The molecule has 4 aromatic rings. The Morgan fingerprint density at radius 2 is 2.12 bits per heavy atom. The molecule has 1 aliphatic heterocycles. The molecule has 8 nitrogen and oxygen atoms in total. The smallest absolute Gasteiger partial charge is 0.241 e. The number of aryl methyl sites for hydroxylation is 1. The number of hydrogen-bond acceptors (Lipinski definition) is 6. The number of carbonyl (C=O) groups excluding carboxylic acids is 1. The Kier molecular flexibility index (Phi) is 6.49. The number of likely N-dealkylation sites (tertiary alicyclic amines) is 1. The van der Waals surface area contributed by atoms with Crippen molar-refractivity contribution in [3.63, 3.8) is 0 Å². The van der Waals surface area contributed by atoms with Crippen molar-refractivity contribution in [2.24, 2.45) is 5.92 Å². The third-order valence-corrected chi connectivity index (χ3v) is 6.21. The maximum Gasteiger partial charge on any atom is 0.241 e. The fourth-order valence-corrected chi connectivity index (χ4v) is 4.47. The number of piperidine rings is 1.